The second-order valence-electron chi connectivity index (χ2n) is 5.24. The Bertz CT molecular complexity index is 864. The summed E-state index contributed by atoms with van der Waals surface area (Å²) in [6, 6.07) is 2.61. The minimum absolute atomic E-state index is 0.338. The summed E-state index contributed by atoms with van der Waals surface area (Å²) < 4.78 is 17.3. The molecule has 132 valence electrons. The Morgan fingerprint density at radius 2 is 2.04 bits per heavy atom. The average Bonchev–Trinajstić information content (AvgIpc) is 3.06. The van der Waals surface area contributed by atoms with Crippen molar-refractivity contribution in [2.75, 3.05) is 26.6 Å². The third kappa shape index (κ3) is 2.76. The van der Waals surface area contributed by atoms with Crippen molar-refractivity contribution in [1.82, 2.24) is 20.2 Å². The molecule has 0 saturated heterocycles. The van der Waals surface area contributed by atoms with Crippen LogP contribution in [0.3, 0.4) is 0 Å². The van der Waals surface area contributed by atoms with E-state index in [2.05, 4.69) is 20.8 Å². The number of methoxy groups -OCH3 is 3. The third-order valence-electron chi connectivity index (χ3n) is 3.89. The predicted octanol–water partition coefficient (Wildman–Crippen LogP) is 1.81. The number of nitrogens with zero attached hydrogens (tertiary/aromatic N) is 4. The molecule has 0 spiro atoms. The summed E-state index contributed by atoms with van der Waals surface area (Å²) in [5.74, 6) is 0.725. The van der Waals surface area contributed by atoms with Crippen molar-refractivity contribution < 1.29 is 19.0 Å². The van der Waals surface area contributed by atoms with Crippen molar-refractivity contribution in [2.24, 2.45) is 0 Å². The highest BCUT2D eigenvalue weighted by Gasteiger charge is 2.37. The van der Waals surface area contributed by atoms with Crippen LogP contribution in [0.15, 0.2) is 23.4 Å². The number of esters is 1. The molecular formula is C15H16ClN5O4. The van der Waals surface area contributed by atoms with Gasteiger partial charge < -0.3 is 19.5 Å². The van der Waals surface area contributed by atoms with E-state index in [9.17, 15) is 4.79 Å². The number of nitrogens with one attached hydrogen (secondary N) is 1. The maximum atomic E-state index is 12.4. The van der Waals surface area contributed by atoms with Crippen LogP contribution < -0.4 is 14.8 Å². The molecule has 0 unspecified atom stereocenters. The number of hydrogen-bond acceptors (Lipinski definition) is 8. The van der Waals surface area contributed by atoms with Crippen molar-refractivity contribution in [2.45, 2.75) is 13.0 Å². The van der Waals surface area contributed by atoms with Crippen molar-refractivity contribution >= 4 is 23.5 Å². The summed E-state index contributed by atoms with van der Waals surface area (Å²) >= 11 is 6.23. The van der Waals surface area contributed by atoms with Gasteiger partial charge in [0.05, 0.1) is 26.9 Å². The third-order valence-corrected chi connectivity index (χ3v) is 4.10. The molecule has 0 aliphatic carbocycles. The van der Waals surface area contributed by atoms with Gasteiger partial charge in [-0.05, 0) is 23.4 Å². The van der Waals surface area contributed by atoms with E-state index < -0.39 is 12.0 Å². The molecule has 2 heterocycles. The van der Waals surface area contributed by atoms with Gasteiger partial charge in [0.1, 0.15) is 6.04 Å². The Morgan fingerprint density at radius 1 is 1.28 bits per heavy atom. The van der Waals surface area contributed by atoms with E-state index in [4.69, 9.17) is 25.8 Å². The number of benzene rings is 1. The SMILES string of the molecule is COC(=O)C1=C(C)Nc2nnnn2[C@H]1c1cc(Cl)cc(OC)c1OC. The first-order valence-corrected chi connectivity index (χ1v) is 7.65. The van der Waals surface area contributed by atoms with E-state index in [-0.39, 0.29) is 0 Å². The van der Waals surface area contributed by atoms with E-state index in [1.54, 1.807) is 19.1 Å². The second-order valence-corrected chi connectivity index (χ2v) is 5.67. The number of tetrazole rings is 1. The van der Waals surface area contributed by atoms with Crippen LogP contribution in [0.4, 0.5) is 5.95 Å². The highest BCUT2D eigenvalue weighted by molar-refractivity contribution is 6.30. The first-order chi connectivity index (χ1) is 12.0. The van der Waals surface area contributed by atoms with Crippen molar-refractivity contribution in [3.05, 3.63) is 34.0 Å². The zero-order chi connectivity index (χ0) is 18.1. The van der Waals surface area contributed by atoms with E-state index in [1.165, 1.54) is 26.0 Å². The molecule has 0 bridgehead atoms. The van der Waals surface area contributed by atoms with Gasteiger partial charge in [0.2, 0.25) is 5.95 Å². The van der Waals surface area contributed by atoms with Gasteiger partial charge in [-0.2, -0.15) is 4.68 Å². The van der Waals surface area contributed by atoms with Crippen LogP contribution in [0.5, 0.6) is 11.5 Å². The fourth-order valence-electron chi connectivity index (χ4n) is 2.84. The number of aromatic nitrogens is 4. The van der Waals surface area contributed by atoms with Crippen LogP contribution in [0, 0.1) is 0 Å². The van der Waals surface area contributed by atoms with Gasteiger partial charge in [-0.3, -0.25) is 0 Å². The van der Waals surface area contributed by atoms with Crippen LogP contribution in [-0.4, -0.2) is 47.5 Å². The molecule has 1 aromatic carbocycles. The number of ether oxygens (including phenoxy) is 3. The smallest absolute Gasteiger partial charge is 0.338 e. The Labute approximate surface area is 148 Å². The molecule has 25 heavy (non-hydrogen) atoms. The number of allylic oxidation sites excluding steroid dienone is 1. The fourth-order valence-corrected chi connectivity index (χ4v) is 3.05. The Kier molecular flexibility index (Phi) is 4.49. The molecule has 9 nitrogen and oxygen atoms in total. The first kappa shape index (κ1) is 17.0. The number of rotatable bonds is 4. The number of fused-ring (bicyclic) bond motifs is 1. The second kappa shape index (κ2) is 6.60. The van der Waals surface area contributed by atoms with Crippen molar-refractivity contribution in [1.29, 1.82) is 0 Å². The molecule has 0 fully saturated rings. The molecule has 3 rings (SSSR count). The lowest BCUT2D eigenvalue weighted by molar-refractivity contribution is -0.136. The highest BCUT2D eigenvalue weighted by Crippen LogP contribution is 2.44. The summed E-state index contributed by atoms with van der Waals surface area (Å²) in [4.78, 5) is 12.4. The van der Waals surface area contributed by atoms with Gasteiger partial charge >= 0.3 is 5.97 Å². The molecule has 0 radical (unpaired) electrons. The van der Waals surface area contributed by atoms with E-state index in [0.717, 1.165) is 0 Å². The average molecular weight is 366 g/mol. The monoisotopic (exact) mass is 365 g/mol. The van der Waals surface area contributed by atoms with E-state index in [0.29, 0.717) is 39.3 Å². The standard InChI is InChI=1S/C15H16ClN5O4/c1-7-11(14(22)25-4)12(21-15(17-7)18-19-20-21)9-5-8(16)6-10(23-2)13(9)24-3/h5-6,12H,1-4H3,(H,17,18,20)/t12-/m0/s1. The van der Waals surface area contributed by atoms with Crippen LogP contribution in [0.25, 0.3) is 0 Å². The zero-order valence-electron chi connectivity index (χ0n) is 14.0. The van der Waals surface area contributed by atoms with Crippen LogP contribution in [0.1, 0.15) is 18.5 Å². The predicted molar refractivity (Wildman–Crippen MR) is 88.9 cm³/mol. The Hall–Kier alpha value is -2.81. The van der Waals surface area contributed by atoms with Gasteiger partial charge in [0.25, 0.3) is 0 Å². The minimum Gasteiger partial charge on any atom is -0.493 e. The maximum Gasteiger partial charge on any atom is 0.338 e. The number of anilines is 1. The Balaban J connectivity index is 2.30. The molecule has 0 saturated carbocycles. The molecule has 1 aliphatic rings. The van der Waals surface area contributed by atoms with Gasteiger partial charge in [0.15, 0.2) is 11.5 Å². The lowest BCUT2D eigenvalue weighted by Crippen LogP contribution is -2.29. The van der Waals surface area contributed by atoms with Crippen molar-refractivity contribution in [3.63, 3.8) is 0 Å². The van der Waals surface area contributed by atoms with Gasteiger partial charge in [-0.25, -0.2) is 4.79 Å². The van der Waals surface area contributed by atoms with Crippen LogP contribution in [-0.2, 0) is 9.53 Å². The quantitative estimate of drug-likeness (QED) is 0.819. The zero-order valence-corrected chi connectivity index (χ0v) is 14.8. The molecule has 10 heteroatoms. The maximum absolute atomic E-state index is 12.4. The normalized spacial score (nSPS) is 16.1. The summed E-state index contributed by atoms with van der Waals surface area (Å²) in [6.45, 7) is 1.74. The van der Waals surface area contributed by atoms with E-state index >= 15 is 0 Å². The largest absolute Gasteiger partial charge is 0.493 e. The molecule has 1 atom stereocenters. The molecular weight excluding hydrogens is 350 g/mol. The molecule has 1 N–H and O–H groups in total. The molecule has 1 aliphatic heterocycles. The van der Waals surface area contributed by atoms with E-state index in [1.807, 2.05) is 0 Å². The Morgan fingerprint density at radius 3 is 2.68 bits per heavy atom. The summed E-state index contributed by atoms with van der Waals surface area (Å²) in [6.07, 6.45) is 0. The first-order valence-electron chi connectivity index (χ1n) is 7.27. The van der Waals surface area contributed by atoms with Crippen LogP contribution in [0.2, 0.25) is 5.02 Å². The molecule has 0 amide bonds. The van der Waals surface area contributed by atoms with Crippen LogP contribution >= 0.6 is 11.6 Å². The minimum atomic E-state index is -0.693. The summed E-state index contributed by atoms with van der Waals surface area (Å²) in [7, 11) is 4.32. The number of carbonyl (C=O) groups excluding carboxylic acids is 1. The van der Waals surface area contributed by atoms with Gasteiger partial charge in [-0.15, -0.1) is 0 Å². The topological polar surface area (TPSA) is 100 Å². The van der Waals surface area contributed by atoms with Gasteiger partial charge in [-0.1, -0.05) is 16.7 Å². The van der Waals surface area contributed by atoms with Crippen molar-refractivity contribution in [3.8, 4) is 11.5 Å². The fraction of sp³-hybridized carbons (Fsp3) is 0.333. The number of carbonyl (C=O) groups is 1. The summed E-state index contributed by atoms with van der Waals surface area (Å²) in [5, 5.41) is 15.0. The lowest BCUT2D eigenvalue weighted by atomic mass is 9.94. The molecule has 2 aromatic rings. The summed E-state index contributed by atoms with van der Waals surface area (Å²) in [5.41, 5.74) is 1.48. The molecule has 1 aromatic heterocycles. The highest BCUT2D eigenvalue weighted by atomic mass is 35.5. The number of halogens is 1. The lowest BCUT2D eigenvalue weighted by Gasteiger charge is -2.28. The van der Waals surface area contributed by atoms with Gasteiger partial charge in [0, 0.05) is 22.3 Å². The number of hydrogen-bond donors (Lipinski definition) is 1.